The average molecular weight is 327 g/mol. The van der Waals surface area contributed by atoms with Crippen LogP contribution in [-0.4, -0.2) is 31.1 Å². The molecule has 0 radical (unpaired) electrons. The standard InChI is InChI=1S/C16H23ClN2O3/c1-11(2)22-8-4-7-18-15(20)10-16(21)19-13-6-5-12(3)14(17)9-13/h5-6,9,11H,4,7-8,10H2,1-3H3,(H,18,20)(H,19,21). The van der Waals surface area contributed by atoms with Crippen molar-refractivity contribution >= 4 is 29.1 Å². The summed E-state index contributed by atoms with van der Waals surface area (Å²) in [7, 11) is 0. The SMILES string of the molecule is Cc1ccc(NC(=O)CC(=O)NCCCOC(C)C)cc1Cl. The number of nitrogens with one attached hydrogen (secondary N) is 2. The molecule has 0 unspecified atom stereocenters. The highest BCUT2D eigenvalue weighted by molar-refractivity contribution is 6.31. The molecule has 0 bridgehead atoms. The van der Waals surface area contributed by atoms with Gasteiger partial charge in [0.2, 0.25) is 11.8 Å². The van der Waals surface area contributed by atoms with Crippen LogP contribution in [0, 0.1) is 6.92 Å². The molecule has 1 aromatic carbocycles. The van der Waals surface area contributed by atoms with E-state index in [0.29, 0.717) is 23.9 Å². The van der Waals surface area contributed by atoms with Crippen LogP contribution in [0.25, 0.3) is 0 Å². The second-order valence-electron chi connectivity index (χ2n) is 5.31. The molecule has 5 nitrogen and oxygen atoms in total. The lowest BCUT2D eigenvalue weighted by atomic mass is 10.2. The Labute approximate surface area is 136 Å². The summed E-state index contributed by atoms with van der Waals surface area (Å²) in [6, 6.07) is 5.23. The number of halogens is 1. The Bertz CT molecular complexity index is 518. The molecule has 1 rings (SSSR count). The van der Waals surface area contributed by atoms with Gasteiger partial charge in [-0.3, -0.25) is 9.59 Å². The summed E-state index contributed by atoms with van der Waals surface area (Å²) in [6.45, 7) is 6.88. The molecule has 22 heavy (non-hydrogen) atoms. The van der Waals surface area contributed by atoms with E-state index in [4.69, 9.17) is 16.3 Å². The third-order valence-electron chi connectivity index (χ3n) is 2.87. The zero-order valence-corrected chi connectivity index (χ0v) is 14.0. The van der Waals surface area contributed by atoms with Crippen molar-refractivity contribution in [1.82, 2.24) is 5.32 Å². The summed E-state index contributed by atoms with van der Waals surface area (Å²) in [5, 5.41) is 5.91. The van der Waals surface area contributed by atoms with Crippen LogP contribution in [0.5, 0.6) is 0 Å². The molecule has 0 aliphatic heterocycles. The largest absolute Gasteiger partial charge is 0.379 e. The first-order valence-electron chi connectivity index (χ1n) is 7.33. The number of hydrogen-bond acceptors (Lipinski definition) is 3. The highest BCUT2D eigenvalue weighted by atomic mass is 35.5. The number of carbonyl (C=O) groups is 2. The molecule has 1 aromatic rings. The van der Waals surface area contributed by atoms with Crippen LogP contribution in [0.1, 0.15) is 32.3 Å². The Hall–Kier alpha value is -1.59. The van der Waals surface area contributed by atoms with Gasteiger partial charge in [-0.25, -0.2) is 0 Å². The number of rotatable bonds is 8. The molecule has 0 fully saturated rings. The van der Waals surface area contributed by atoms with Crippen LogP contribution in [-0.2, 0) is 14.3 Å². The fraction of sp³-hybridized carbons (Fsp3) is 0.500. The first kappa shape index (κ1) is 18.5. The quantitative estimate of drug-likeness (QED) is 0.570. The fourth-order valence-electron chi connectivity index (χ4n) is 1.70. The minimum absolute atomic E-state index is 0.183. The second-order valence-corrected chi connectivity index (χ2v) is 5.72. The lowest BCUT2D eigenvalue weighted by Crippen LogP contribution is -2.29. The summed E-state index contributed by atoms with van der Waals surface area (Å²) >= 11 is 5.98. The Kier molecular flexibility index (Phi) is 7.91. The Balaban J connectivity index is 2.26. The molecule has 2 N–H and O–H groups in total. The first-order valence-corrected chi connectivity index (χ1v) is 7.70. The number of anilines is 1. The van der Waals surface area contributed by atoms with E-state index in [2.05, 4.69) is 10.6 Å². The van der Waals surface area contributed by atoms with Crippen molar-refractivity contribution in [3.8, 4) is 0 Å². The van der Waals surface area contributed by atoms with E-state index < -0.39 is 0 Å². The maximum atomic E-state index is 11.8. The topological polar surface area (TPSA) is 67.4 Å². The van der Waals surface area contributed by atoms with Gasteiger partial charge in [-0.15, -0.1) is 0 Å². The normalized spacial score (nSPS) is 10.6. The molecular weight excluding hydrogens is 304 g/mol. The number of amides is 2. The first-order chi connectivity index (χ1) is 10.4. The lowest BCUT2D eigenvalue weighted by molar-refractivity contribution is -0.126. The third kappa shape index (κ3) is 7.43. The van der Waals surface area contributed by atoms with Gasteiger partial charge in [0.15, 0.2) is 0 Å². The van der Waals surface area contributed by atoms with Gasteiger partial charge in [0.05, 0.1) is 6.10 Å². The predicted octanol–water partition coefficient (Wildman–Crippen LogP) is 2.91. The zero-order chi connectivity index (χ0) is 16.5. The maximum Gasteiger partial charge on any atom is 0.233 e. The van der Waals surface area contributed by atoms with Gasteiger partial charge in [-0.1, -0.05) is 17.7 Å². The van der Waals surface area contributed by atoms with E-state index in [9.17, 15) is 9.59 Å². The summed E-state index contributed by atoms with van der Waals surface area (Å²) < 4.78 is 5.36. The van der Waals surface area contributed by atoms with Gasteiger partial charge in [0.1, 0.15) is 6.42 Å². The highest BCUT2D eigenvalue weighted by Gasteiger charge is 2.09. The van der Waals surface area contributed by atoms with Crippen LogP contribution in [0.15, 0.2) is 18.2 Å². The van der Waals surface area contributed by atoms with Crippen molar-refractivity contribution in [2.45, 2.75) is 39.7 Å². The van der Waals surface area contributed by atoms with Crippen LogP contribution >= 0.6 is 11.6 Å². The molecule has 0 aromatic heterocycles. The Morgan fingerprint density at radius 2 is 2.00 bits per heavy atom. The van der Waals surface area contributed by atoms with Crippen LogP contribution in [0.2, 0.25) is 5.02 Å². The molecule has 0 aliphatic carbocycles. The summed E-state index contributed by atoms with van der Waals surface area (Å²) in [5.74, 6) is -0.670. The van der Waals surface area contributed by atoms with Gasteiger partial charge in [-0.2, -0.15) is 0 Å². The molecule has 122 valence electrons. The molecule has 0 saturated carbocycles. The molecule has 0 saturated heterocycles. The zero-order valence-electron chi connectivity index (χ0n) is 13.2. The minimum Gasteiger partial charge on any atom is -0.379 e. The minimum atomic E-state index is -0.365. The number of benzene rings is 1. The second kappa shape index (κ2) is 9.43. The smallest absolute Gasteiger partial charge is 0.233 e. The molecule has 6 heteroatoms. The molecule has 0 atom stereocenters. The van der Waals surface area contributed by atoms with E-state index in [1.165, 1.54) is 0 Å². The highest BCUT2D eigenvalue weighted by Crippen LogP contribution is 2.19. The van der Waals surface area contributed by atoms with Crippen molar-refractivity contribution < 1.29 is 14.3 Å². The van der Waals surface area contributed by atoms with Crippen LogP contribution < -0.4 is 10.6 Å². The molecule has 0 aliphatic rings. The van der Waals surface area contributed by atoms with Crippen molar-refractivity contribution in [3.05, 3.63) is 28.8 Å². The summed E-state index contributed by atoms with van der Waals surface area (Å²) in [4.78, 5) is 23.4. The van der Waals surface area contributed by atoms with E-state index >= 15 is 0 Å². The lowest BCUT2D eigenvalue weighted by Gasteiger charge is -2.09. The van der Waals surface area contributed by atoms with Gasteiger partial charge in [0.25, 0.3) is 0 Å². The molecule has 0 heterocycles. The van der Waals surface area contributed by atoms with Gasteiger partial charge in [-0.05, 0) is 44.9 Å². The number of ether oxygens (including phenoxy) is 1. The summed E-state index contributed by atoms with van der Waals surface area (Å²) in [6.07, 6.45) is 0.693. The fourth-order valence-corrected chi connectivity index (χ4v) is 1.88. The molecule has 0 spiro atoms. The monoisotopic (exact) mass is 326 g/mol. The van der Waals surface area contributed by atoms with E-state index in [-0.39, 0.29) is 24.3 Å². The summed E-state index contributed by atoms with van der Waals surface area (Å²) in [5.41, 5.74) is 1.51. The van der Waals surface area contributed by atoms with Crippen molar-refractivity contribution in [2.75, 3.05) is 18.5 Å². The van der Waals surface area contributed by atoms with Crippen molar-refractivity contribution in [1.29, 1.82) is 0 Å². The Morgan fingerprint density at radius 1 is 1.27 bits per heavy atom. The number of carbonyl (C=O) groups excluding carboxylic acids is 2. The number of hydrogen-bond donors (Lipinski definition) is 2. The van der Waals surface area contributed by atoms with Crippen molar-refractivity contribution in [3.63, 3.8) is 0 Å². The van der Waals surface area contributed by atoms with E-state index in [0.717, 1.165) is 12.0 Å². The average Bonchev–Trinajstić information content (AvgIpc) is 2.42. The molecule has 2 amide bonds. The number of aryl methyl sites for hydroxylation is 1. The van der Waals surface area contributed by atoms with Crippen LogP contribution in [0.3, 0.4) is 0 Å². The van der Waals surface area contributed by atoms with Crippen molar-refractivity contribution in [2.24, 2.45) is 0 Å². The third-order valence-corrected chi connectivity index (χ3v) is 3.28. The predicted molar refractivity (Wildman–Crippen MR) is 88.2 cm³/mol. The maximum absolute atomic E-state index is 11.8. The Morgan fingerprint density at radius 3 is 2.64 bits per heavy atom. The van der Waals surface area contributed by atoms with Crippen LogP contribution in [0.4, 0.5) is 5.69 Å². The van der Waals surface area contributed by atoms with Gasteiger partial charge < -0.3 is 15.4 Å². The van der Waals surface area contributed by atoms with Gasteiger partial charge in [0, 0.05) is 23.9 Å². The molecular formula is C16H23ClN2O3. The van der Waals surface area contributed by atoms with E-state index in [1.54, 1.807) is 12.1 Å². The van der Waals surface area contributed by atoms with E-state index in [1.807, 2.05) is 26.8 Å². The van der Waals surface area contributed by atoms with Gasteiger partial charge >= 0.3 is 0 Å².